The van der Waals surface area contributed by atoms with E-state index in [1.165, 1.54) is 180 Å². The number of rotatable bonds is 34. The molecule has 2 aromatic rings. The lowest BCUT2D eigenvalue weighted by molar-refractivity contribution is 0.371. The SMILES string of the molecule is C=C1N(CCCCCCCCCCCCCN(N)/C=C(\N)CCCCCCCCCCCCC(C)C)c2ccncc2C12CN(c1nc(Cl)nc(NC3CCC(CC4CP4)C3)c1C=N)C2. The number of nitrogens with zero attached hydrogens (tertiary/aromatic N) is 6. The smallest absolute Gasteiger partial charge is 0.226 e. The van der Waals surface area contributed by atoms with Gasteiger partial charge < -0.3 is 31.3 Å². The van der Waals surface area contributed by atoms with E-state index in [0.717, 1.165) is 92.1 Å². The summed E-state index contributed by atoms with van der Waals surface area (Å²) in [6, 6.07) is 2.53. The van der Waals surface area contributed by atoms with E-state index in [4.69, 9.17) is 35.2 Å². The highest BCUT2D eigenvalue weighted by Crippen LogP contribution is 2.53. The maximum atomic E-state index is 8.40. The Morgan fingerprint density at radius 2 is 1.54 bits per heavy atom. The minimum atomic E-state index is -0.212. The van der Waals surface area contributed by atoms with Crippen molar-refractivity contribution in [3.63, 3.8) is 0 Å². The molecule has 0 bridgehead atoms. The van der Waals surface area contributed by atoms with Gasteiger partial charge in [0.05, 0.1) is 11.0 Å². The van der Waals surface area contributed by atoms with Gasteiger partial charge >= 0.3 is 0 Å². The maximum absolute atomic E-state index is 8.40. The molecule has 4 unspecified atom stereocenters. The molecular formula is C53H88ClN10P. The van der Waals surface area contributed by atoms with E-state index >= 15 is 0 Å². The van der Waals surface area contributed by atoms with Crippen LogP contribution in [0.2, 0.25) is 5.28 Å². The highest BCUT2D eigenvalue weighted by molar-refractivity contribution is 7.47. The third kappa shape index (κ3) is 16.1. The normalized spacial score (nSPS) is 20.3. The Morgan fingerprint density at radius 1 is 0.923 bits per heavy atom. The highest BCUT2D eigenvalue weighted by atomic mass is 35.5. The first-order valence-electron chi connectivity index (χ1n) is 26.4. The average Bonchev–Trinajstić information content (AvgIpc) is 3.92. The first kappa shape index (κ1) is 51.5. The Morgan fingerprint density at radius 3 is 2.17 bits per heavy atom. The van der Waals surface area contributed by atoms with Crippen LogP contribution in [0.15, 0.2) is 42.6 Å². The number of aromatic nitrogens is 3. The molecule has 0 radical (unpaired) electrons. The molecule has 4 aliphatic rings. The van der Waals surface area contributed by atoms with E-state index < -0.39 is 0 Å². The molecule has 10 nitrogen and oxygen atoms in total. The summed E-state index contributed by atoms with van der Waals surface area (Å²) in [6.45, 7) is 12.7. The third-order valence-corrected chi connectivity index (χ3v) is 16.3. The molecule has 0 amide bonds. The predicted octanol–water partition coefficient (Wildman–Crippen LogP) is 13.2. The molecule has 5 heterocycles. The van der Waals surface area contributed by atoms with Gasteiger partial charge in [0.25, 0.3) is 0 Å². The lowest BCUT2D eigenvalue weighted by Crippen LogP contribution is -2.60. The summed E-state index contributed by atoms with van der Waals surface area (Å²) in [4.78, 5) is 18.5. The fourth-order valence-corrected chi connectivity index (χ4v) is 11.9. The van der Waals surface area contributed by atoms with Crippen LogP contribution in [0.1, 0.15) is 198 Å². The molecule has 3 aliphatic heterocycles. The quantitative estimate of drug-likeness (QED) is 0.0135. The molecule has 1 spiro atoms. The summed E-state index contributed by atoms with van der Waals surface area (Å²) < 4.78 is 0. The van der Waals surface area contributed by atoms with Crippen molar-refractivity contribution in [3.8, 4) is 0 Å². The summed E-state index contributed by atoms with van der Waals surface area (Å²) in [5.74, 6) is 9.34. The van der Waals surface area contributed by atoms with Crippen LogP contribution in [-0.4, -0.2) is 70.2 Å². The van der Waals surface area contributed by atoms with Gasteiger partial charge in [0.15, 0.2) is 0 Å². The second-order valence-electron chi connectivity index (χ2n) is 20.8. The Balaban J connectivity index is 0.785. The van der Waals surface area contributed by atoms with Crippen LogP contribution < -0.4 is 26.7 Å². The van der Waals surface area contributed by atoms with Gasteiger partial charge in [0.2, 0.25) is 5.28 Å². The molecular weight excluding hydrogens is 843 g/mol. The number of hydrazine groups is 1. The van der Waals surface area contributed by atoms with Crippen molar-refractivity contribution in [2.45, 2.75) is 204 Å². The molecule has 2 aromatic heterocycles. The zero-order valence-corrected chi connectivity index (χ0v) is 42.5. The van der Waals surface area contributed by atoms with Crippen molar-refractivity contribution in [2.75, 3.05) is 47.5 Å². The van der Waals surface area contributed by atoms with E-state index in [-0.39, 0.29) is 10.7 Å². The average molecular weight is 932 g/mol. The minimum absolute atomic E-state index is 0.212. The number of fused-ring (bicyclic) bond motifs is 2. The van der Waals surface area contributed by atoms with Gasteiger partial charge in [-0.05, 0) is 92.7 Å². The van der Waals surface area contributed by atoms with Gasteiger partial charge in [-0.1, -0.05) is 142 Å². The Kier molecular flexibility index (Phi) is 21.5. The number of hydrogen-bond donors (Lipinski definition) is 4. The van der Waals surface area contributed by atoms with Crippen molar-refractivity contribution in [2.24, 2.45) is 23.4 Å². The van der Waals surface area contributed by atoms with Crippen molar-refractivity contribution in [3.05, 3.63) is 59.0 Å². The minimum Gasteiger partial charge on any atom is -0.401 e. The van der Waals surface area contributed by atoms with E-state index in [1.54, 1.807) is 0 Å². The summed E-state index contributed by atoms with van der Waals surface area (Å²) in [7, 11) is 1.18. The number of pyridine rings is 1. The van der Waals surface area contributed by atoms with Crippen molar-refractivity contribution < 1.29 is 0 Å². The zero-order chi connectivity index (χ0) is 45.9. The molecule has 6 rings (SSSR count). The van der Waals surface area contributed by atoms with Crippen LogP contribution in [0.25, 0.3) is 0 Å². The van der Waals surface area contributed by atoms with Crippen molar-refractivity contribution >= 4 is 43.7 Å². The van der Waals surface area contributed by atoms with E-state index in [9.17, 15) is 0 Å². The summed E-state index contributed by atoms with van der Waals surface area (Å²) >= 11 is 6.57. The molecule has 12 heteroatoms. The lowest BCUT2D eigenvalue weighted by Gasteiger charge is -2.50. The van der Waals surface area contributed by atoms with E-state index in [0.29, 0.717) is 11.9 Å². The molecule has 362 valence electrons. The van der Waals surface area contributed by atoms with Crippen LogP contribution in [0.4, 0.5) is 17.3 Å². The number of unbranched alkanes of at least 4 members (excludes halogenated alkanes) is 19. The van der Waals surface area contributed by atoms with Gasteiger partial charge in [0, 0.05) is 79.7 Å². The number of hydrogen-bond acceptors (Lipinski definition) is 10. The molecule has 6 N–H and O–H groups in total. The predicted molar refractivity (Wildman–Crippen MR) is 280 cm³/mol. The van der Waals surface area contributed by atoms with Gasteiger partial charge in [0.1, 0.15) is 11.6 Å². The Hall–Kier alpha value is -2.94. The second kappa shape index (κ2) is 27.2. The number of allylic oxidation sites excluding steroid dienone is 1. The zero-order valence-electron chi connectivity index (χ0n) is 40.7. The summed E-state index contributed by atoms with van der Waals surface area (Å²) in [6.07, 6.45) is 43.6. The van der Waals surface area contributed by atoms with Crippen LogP contribution in [0.3, 0.4) is 0 Å². The first-order chi connectivity index (χ1) is 31.7. The molecule has 65 heavy (non-hydrogen) atoms. The van der Waals surface area contributed by atoms with Crippen LogP contribution in [0, 0.1) is 17.2 Å². The number of nitrogens with one attached hydrogen (secondary N) is 2. The molecule has 4 atom stereocenters. The number of halogens is 1. The van der Waals surface area contributed by atoms with Gasteiger partial charge in [-0.15, -0.1) is 8.58 Å². The number of nitrogens with two attached hydrogens (primary N) is 2. The molecule has 0 aromatic carbocycles. The van der Waals surface area contributed by atoms with Crippen LogP contribution in [-0.2, 0) is 5.41 Å². The van der Waals surface area contributed by atoms with E-state index in [1.807, 2.05) is 23.6 Å². The van der Waals surface area contributed by atoms with E-state index in [2.05, 4.69) is 50.0 Å². The molecule has 1 saturated carbocycles. The maximum Gasteiger partial charge on any atom is 0.226 e. The molecule has 3 fully saturated rings. The summed E-state index contributed by atoms with van der Waals surface area (Å²) in [5.41, 5.74) is 12.4. The number of anilines is 3. The summed E-state index contributed by atoms with van der Waals surface area (Å²) in [5, 5.41) is 14.1. The fraction of sp³-hybridized carbons (Fsp3) is 0.736. The highest BCUT2D eigenvalue weighted by Gasteiger charge is 2.55. The van der Waals surface area contributed by atoms with Gasteiger partial charge in [-0.2, -0.15) is 9.97 Å². The van der Waals surface area contributed by atoms with Gasteiger partial charge in [-0.3, -0.25) is 4.98 Å². The Labute approximate surface area is 401 Å². The van der Waals surface area contributed by atoms with Crippen LogP contribution in [0.5, 0.6) is 0 Å². The van der Waals surface area contributed by atoms with Crippen LogP contribution >= 0.6 is 20.2 Å². The Bertz CT molecular complexity index is 1780. The second-order valence-corrected chi connectivity index (χ2v) is 22.8. The lowest BCUT2D eigenvalue weighted by atomic mass is 9.73. The van der Waals surface area contributed by atoms with Crippen molar-refractivity contribution in [1.29, 1.82) is 5.41 Å². The monoisotopic (exact) mass is 931 g/mol. The molecule has 1 aliphatic carbocycles. The fourth-order valence-electron chi connectivity index (χ4n) is 10.9. The van der Waals surface area contributed by atoms with Crippen molar-refractivity contribution in [1.82, 2.24) is 20.0 Å². The topological polar surface area (TPSA) is 136 Å². The largest absolute Gasteiger partial charge is 0.401 e. The molecule has 2 saturated heterocycles. The standard InChI is InChI=1S/C53H88ClN10P/c1-41(2)25-21-17-13-9-5-6-10-14-18-22-26-44(56)37-63(57)31-23-19-15-11-7-4-8-12-16-20-24-32-64-42(3)53(48-36-58-30-29-49(48)64)39-62(40-53)51-47(35-55)50(60-52(54)61-51)59-45-28-27-43(33-45)34-46-38-65-46/h29-30,35-37,41,43,45-46,55,65H,3-28,31-34,38-40,56-57H2,1-2H3,(H,59,60,61)/b44-37-,55-35?. The van der Waals surface area contributed by atoms with Gasteiger partial charge in [-0.25, -0.2) is 5.84 Å². The third-order valence-electron chi connectivity index (χ3n) is 14.9. The first-order valence-corrected chi connectivity index (χ1v) is 28.0.